The lowest BCUT2D eigenvalue weighted by Crippen LogP contribution is -2.32. The highest BCUT2D eigenvalue weighted by molar-refractivity contribution is 5.83. The van der Waals surface area contributed by atoms with Crippen molar-refractivity contribution in [1.29, 1.82) is 5.26 Å². The average molecular weight is 333 g/mol. The summed E-state index contributed by atoms with van der Waals surface area (Å²) in [5.74, 6) is 0. The van der Waals surface area contributed by atoms with Crippen molar-refractivity contribution in [3.05, 3.63) is 53.9 Å². The lowest BCUT2D eigenvalue weighted by molar-refractivity contribution is 0.237. The van der Waals surface area contributed by atoms with Crippen LogP contribution < -0.4 is 0 Å². The topological polar surface area (TPSA) is 53.1 Å². The second-order valence-electron chi connectivity index (χ2n) is 6.46. The number of benzene rings is 2. The smallest absolute Gasteiger partial charge is 0.181 e. The molecule has 0 radical (unpaired) electrons. The summed E-state index contributed by atoms with van der Waals surface area (Å²) in [6.45, 7) is 8.62. The highest BCUT2D eigenvalue weighted by Crippen LogP contribution is 2.30. The number of nitrogens with zero attached hydrogens (tertiary/aromatic N) is 3. The maximum atomic E-state index is 9.59. The minimum atomic E-state index is 0.513. The van der Waals surface area contributed by atoms with E-state index in [-0.39, 0.29) is 0 Å². The normalized spacial score (nSPS) is 11.4. The van der Waals surface area contributed by atoms with Gasteiger partial charge < -0.3 is 9.32 Å². The van der Waals surface area contributed by atoms with E-state index in [9.17, 15) is 5.26 Å². The molecule has 3 aromatic rings. The van der Waals surface area contributed by atoms with Crippen LogP contribution in [-0.4, -0.2) is 29.0 Å². The first-order valence-electron chi connectivity index (χ1n) is 8.73. The zero-order valence-corrected chi connectivity index (χ0v) is 15.0. The first-order valence-corrected chi connectivity index (χ1v) is 8.73. The molecule has 0 amide bonds. The van der Waals surface area contributed by atoms with Crippen LogP contribution in [0.4, 0.5) is 0 Å². The van der Waals surface area contributed by atoms with Crippen LogP contribution in [0.5, 0.6) is 0 Å². The molecule has 0 unspecified atom stereocenters. The molecule has 4 heteroatoms. The van der Waals surface area contributed by atoms with Crippen LogP contribution >= 0.6 is 0 Å². The Morgan fingerprint density at radius 3 is 2.80 bits per heavy atom. The van der Waals surface area contributed by atoms with Gasteiger partial charge in [-0.2, -0.15) is 5.26 Å². The summed E-state index contributed by atoms with van der Waals surface area (Å²) < 4.78 is 5.33. The number of nitriles is 1. The van der Waals surface area contributed by atoms with Crippen LogP contribution in [0.3, 0.4) is 0 Å². The summed E-state index contributed by atoms with van der Waals surface area (Å²) in [4.78, 5) is 6.68. The van der Waals surface area contributed by atoms with E-state index in [0.29, 0.717) is 11.6 Å². The summed E-state index contributed by atoms with van der Waals surface area (Å²) in [7, 11) is 0. The summed E-state index contributed by atoms with van der Waals surface area (Å²) in [6.07, 6.45) is 2.36. The lowest BCUT2D eigenvalue weighted by Gasteiger charge is -2.25. The zero-order valence-electron chi connectivity index (χ0n) is 15.0. The van der Waals surface area contributed by atoms with E-state index in [1.807, 2.05) is 30.3 Å². The Balaban J connectivity index is 2.00. The molecule has 0 saturated carbocycles. The van der Waals surface area contributed by atoms with Crippen molar-refractivity contribution >= 4 is 11.1 Å². The van der Waals surface area contributed by atoms with Gasteiger partial charge in [0, 0.05) is 18.2 Å². The van der Waals surface area contributed by atoms with E-state index in [2.05, 4.69) is 42.8 Å². The van der Waals surface area contributed by atoms with E-state index >= 15 is 0 Å². The van der Waals surface area contributed by atoms with Crippen molar-refractivity contribution in [2.75, 3.05) is 13.1 Å². The zero-order chi connectivity index (χ0) is 17.8. The van der Waals surface area contributed by atoms with Crippen molar-refractivity contribution in [2.45, 2.75) is 33.2 Å². The van der Waals surface area contributed by atoms with E-state index in [1.54, 1.807) is 0 Å². The summed E-state index contributed by atoms with van der Waals surface area (Å²) in [6, 6.07) is 14.8. The summed E-state index contributed by atoms with van der Waals surface area (Å²) in [5, 5.41) is 9.59. The number of oxazole rings is 1. The highest BCUT2D eigenvalue weighted by atomic mass is 16.3. The third kappa shape index (κ3) is 3.57. The monoisotopic (exact) mass is 333 g/mol. The maximum Gasteiger partial charge on any atom is 0.181 e. The van der Waals surface area contributed by atoms with E-state index in [0.717, 1.165) is 41.7 Å². The number of hydrogen-bond acceptors (Lipinski definition) is 4. The Labute approximate surface area is 148 Å². The number of aromatic nitrogens is 1. The molecule has 3 rings (SSSR count). The molecule has 0 aliphatic carbocycles. The SMILES string of the molecule is CCN(CCc1cccc(C#N)c1-c1ccc2ocnc2c1)C(C)C. The molecular formula is C21H23N3O. The van der Waals surface area contributed by atoms with Crippen LogP contribution in [0.2, 0.25) is 0 Å². The second kappa shape index (κ2) is 7.50. The molecule has 0 aliphatic rings. The first-order chi connectivity index (χ1) is 12.1. The molecule has 0 bridgehead atoms. The van der Waals surface area contributed by atoms with Crippen molar-refractivity contribution in [3.63, 3.8) is 0 Å². The third-order valence-electron chi connectivity index (χ3n) is 4.70. The van der Waals surface area contributed by atoms with Gasteiger partial charge in [0.15, 0.2) is 12.0 Å². The fourth-order valence-corrected chi connectivity index (χ4v) is 3.30. The minimum Gasteiger partial charge on any atom is -0.443 e. The molecule has 0 N–H and O–H groups in total. The van der Waals surface area contributed by atoms with Gasteiger partial charge in [-0.25, -0.2) is 4.98 Å². The molecule has 0 spiro atoms. The van der Waals surface area contributed by atoms with Crippen LogP contribution in [0.25, 0.3) is 22.2 Å². The Morgan fingerprint density at radius 1 is 1.24 bits per heavy atom. The predicted molar refractivity (Wildman–Crippen MR) is 100 cm³/mol. The van der Waals surface area contributed by atoms with Gasteiger partial charge in [0.2, 0.25) is 0 Å². The van der Waals surface area contributed by atoms with Gasteiger partial charge >= 0.3 is 0 Å². The molecule has 128 valence electrons. The number of hydrogen-bond donors (Lipinski definition) is 0. The van der Waals surface area contributed by atoms with Gasteiger partial charge in [0.25, 0.3) is 0 Å². The van der Waals surface area contributed by atoms with Crippen molar-refractivity contribution in [3.8, 4) is 17.2 Å². The van der Waals surface area contributed by atoms with Gasteiger partial charge in [0.05, 0.1) is 11.6 Å². The number of rotatable bonds is 6. The quantitative estimate of drug-likeness (QED) is 0.659. The van der Waals surface area contributed by atoms with Gasteiger partial charge in [-0.3, -0.25) is 0 Å². The van der Waals surface area contributed by atoms with Gasteiger partial charge in [-0.05, 0) is 56.1 Å². The number of fused-ring (bicyclic) bond motifs is 1. The fourth-order valence-electron chi connectivity index (χ4n) is 3.30. The molecule has 2 aromatic carbocycles. The molecule has 1 aromatic heterocycles. The molecular weight excluding hydrogens is 310 g/mol. The predicted octanol–water partition coefficient (Wildman–Crippen LogP) is 4.64. The van der Waals surface area contributed by atoms with Crippen LogP contribution in [0.15, 0.2) is 47.2 Å². The third-order valence-corrected chi connectivity index (χ3v) is 4.70. The van der Waals surface area contributed by atoms with Gasteiger partial charge in [-0.1, -0.05) is 25.1 Å². The fraction of sp³-hybridized carbons (Fsp3) is 0.333. The van der Waals surface area contributed by atoms with Crippen molar-refractivity contribution in [1.82, 2.24) is 9.88 Å². The van der Waals surface area contributed by atoms with Crippen LogP contribution in [0, 0.1) is 11.3 Å². The van der Waals surface area contributed by atoms with Gasteiger partial charge in [0.1, 0.15) is 5.52 Å². The van der Waals surface area contributed by atoms with Crippen LogP contribution in [-0.2, 0) is 6.42 Å². The molecule has 25 heavy (non-hydrogen) atoms. The molecule has 0 atom stereocenters. The Hall–Kier alpha value is -2.64. The van der Waals surface area contributed by atoms with E-state index in [4.69, 9.17) is 4.42 Å². The Morgan fingerprint density at radius 2 is 2.08 bits per heavy atom. The summed E-state index contributed by atoms with van der Waals surface area (Å²) in [5.41, 5.74) is 5.50. The Bertz CT molecular complexity index is 905. The minimum absolute atomic E-state index is 0.513. The average Bonchev–Trinajstić information content (AvgIpc) is 3.09. The highest BCUT2D eigenvalue weighted by Gasteiger charge is 2.14. The first kappa shape index (κ1) is 17.2. The van der Waals surface area contributed by atoms with Crippen molar-refractivity contribution in [2.24, 2.45) is 0 Å². The standard InChI is InChI=1S/C21H23N3O/c1-4-24(15(2)3)11-10-16-6-5-7-18(13-22)21(16)17-8-9-20-19(12-17)23-14-25-20/h5-9,12,14-15H,4,10-11H2,1-3H3. The molecule has 0 fully saturated rings. The van der Waals surface area contributed by atoms with E-state index < -0.39 is 0 Å². The van der Waals surface area contributed by atoms with E-state index in [1.165, 1.54) is 12.0 Å². The largest absolute Gasteiger partial charge is 0.443 e. The van der Waals surface area contributed by atoms with Gasteiger partial charge in [-0.15, -0.1) is 0 Å². The van der Waals surface area contributed by atoms with Crippen molar-refractivity contribution < 1.29 is 4.42 Å². The lowest BCUT2D eigenvalue weighted by atomic mass is 9.93. The number of likely N-dealkylation sites (N-methyl/N-ethyl adjacent to an activating group) is 1. The summed E-state index contributed by atoms with van der Waals surface area (Å²) >= 11 is 0. The molecule has 1 heterocycles. The molecule has 4 nitrogen and oxygen atoms in total. The van der Waals surface area contributed by atoms with Crippen LogP contribution in [0.1, 0.15) is 31.9 Å². The maximum absolute atomic E-state index is 9.59. The molecule has 0 aliphatic heterocycles. The second-order valence-corrected chi connectivity index (χ2v) is 6.46. The molecule has 0 saturated heterocycles. The Kier molecular flexibility index (Phi) is 5.16.